The fraction of sp³-hybridized carbons (Fsp3) is 0.300. The van der Waals surface area contributed by atoms with Crippen LogP contribution < -0.4 is 20.5 Å². The third kappa shape index (κ3) is 5.64. The zero-order chi connectivity index (χ0) is 19.8. The minimum atomic E-state index is -0.557. The number of nitrogen functional groups attached to an aromatic ring is 1. The zero-order valence-corrected chi connectivity index (χ0v) is 15.7. The molecule has 0 aromatic heterocycles. The highest BCUT2D eigenvalue weighted by atomic mass is 16.5. The highest BCUT2D eigenvalue weighted by molar-refractivity contribution is 5.80. The number of hydrogen-bond donors (Lipinski definition) is 2. The van der Waals surface area contributed by atoms with Crippen molar-refractivity contribution < 1.29 is 23.8 Å². The maximum Gasteiger partial charge on any atom is 0.307 e. The van der Waals surface area contributed by atoms with Gasteiger partial charge in [-0.2, -0.15) is 0 Å². The topological polar surface area (TPSA) is 99.9 Å². The fourth-order valence-electron chi connectivity index (χ4n) is 2.64. The van der Waals surface area contributed by atoms with Crippen LogP contribution in [-0.2, 0) is 20.7 Å². The van der Waals surface area contributed by atoms with Gasteiger partial charge in [-0.15, -0.1) is 0 Å². The van der Waals surface area contributed by atoms with Gasteiger partial charge < -0.3 is 25.3 Å². The van der Waals surface area contributed by atoms with Crippen molar-refractivity contribution in [2.24, 2.45) is 0 Å². The summed E-state index contributed by atoms with van der Waals surface area (Å²) < 4.78 is 15.3. The van der Waals surface area contributed by atoms with Crippen molar-refractivity contribution in [3.8, 4) is 11.5 Å². The monoisotopic (exact) mass is 372 g/mol. The molecule has 0 heterocycles. The molecule has 1 atom stereocenters. The van der Waals surface area contributed by atoms with Crippen molar-refractivity contribution in [3.63, 3.8) is 0 Å². The van der Waals surface area contributed by atoms with E-state index in [0.29, 0.717) is 22.7 Å². The maximum atomic E-state index is 12.5. The second-order valence-electron chi connectivity index (χ2n) is 5.93. The molecule has 0 aliphatic heterocycles. The van der Waals surface area contributed by atoms with Gasteiger partial charge in [-0.25, -0.2) is 0 Å². The molecule has 1 unspecified atom stereocenters. The number of rotatable bonds is 8. The lowest BCUT2D eigenvalue weighted by Crippen LogP contribution is -2.31. The molecule has 0 fully saturated rings. The Morgan fingerprint density at radius 2 is 1.67 bits per heavy atom. The number of hydrogen-bond acceptors (Lipinski definition) is 6. The van der Waals surface area contributed by atoms with E-state index in [-0.39, 0.29) is 18.7 Å². The van der Waals surface area contributed by atoms with Crippen molar-refractivity contribution in [3.05, 3.63) is 53.6 Å². The maximum absolute atomic E-state index is 12.5. The zero-order valence-electron chi connectivity index (χ0n) is 15.7. The molecule has 1 amide bonds. The quantitative estimate of drug-likeness (QED) is 0.545. The van der Waals surface area contributed by atoms with Gasteiger partial charge in [0.25, 0.3) is 0 Å². The highest BCUT2D eigenvalue weighted by Gasteiger charge is 2.20. The predicted octanol–water partition coefficient (Wildman–Crippen LogP) is 2.25. The van der Waals surface area contributed by atoms with Gasteiger partial charge in [0.2, 0.25) is 5.91 Å². The fourth-order valence-corrected chi connectivity index (χ4v) is 2.64. The first kappa shape index (κ1) is 20.1. The van der Waals surface area contributed by atoms with Gasteiger partial charge in [-0.3, -0.25) is 9.59 Å². The van der Waals surface area contributed by atoms with Crippen LogP contribution in [0.3, 0.4) is 0 Å². The number of carbonyl (C=O) groups is 2. The molecule has 2 aromatic rings. The second kappa shape index (κ2) is 9.47. The van der Waals surface area contributed by atoms with Gasteiger partial charge in [0.05, 0.1) is 40.2 Å². The molecule has 0 spiro atoms. The molecule has 2 rings (SSSR count). The van der Waals surface area contributed by atoms with Crippen LogP contribution in [0.4, 0.5) is 5.69 Å². The van der Waals surface area contributed by atoms with Crippen molar-refractivity contribution >= 4 is 17.6 Å². The molecule has 0 saturated carbocycles. The Balaban J connectivity index is 2.19. The van der Waals surface area contributed by atoms with E-state index in [4.69, 9.17) is 19.9 Å². The number of anilines is 1. The summed E-state index contributed by atoms with van der Waals surface area (Å²) in [5.74, 6) is 0.426. The normalized spacial score (nSPS) is 11.4. The number of esters is 1. The SMILES string of the molecule is COC(=O)CC(NC(=O)Cc1ccc(N)cc1)c1ccc(OC)c(OC)c1. The summed E-state index contributed by atoms with van der Waals surface area (Å²) in [6.07, 6.45) is 0.171. The van der Waals surface area contributed by atoms with Crippen LogP contribution in [0.15, 0.2) is 42.5 Å². The summed E-state index contributed by atoms with van der Waals surface area (Å²) in [5, 5.41) is 2.88. The minimum Gasteiger partial charge on any atom is -0.493 e. The van der Waals surface area contributed by atoms with Crippen LogP contribution in [0, 0.1) is 0 Å². The molecule has 0 aliphatic rings. The summed E-state index contributed by atoms with van der Waals surface area (Å²) in [4.78, 5) is 24.3. The summed E-state index contributed by atoms with van der Waals surface area (Å²) in [6.45, 7) is 0. The lowest BCUT2D eigenvalue weighted by Gasteiger charge is -2.20. The lowest BCUT2D eigenvalue weighted by molar-refractivity contribution is -0.141. The molecule has 144 valence electrons. The third-order valence-corrected chi connectivity index (χ3v) is 4.09. The molecule has 2 aromatic carbocycles. The first-order valence-corrected chi connectivity index (χ1v) is 8.39. The Bertz CT molecular complexity index is 789. The molecular formula is C20H24N2O5. The van der Waals surface area contributed by atoms with Crippen LogP contribution in [0.2, 0.25) is 0 Å². The van der Waals surface area contributed by atoms with Gasteiger partial charge >= 0.3 is 5.97 Å². The molecule has 0 saturated heterocycles. The van der Waals surface area contributed by atoms with E-state index >= 15 is 0 Å². The van der Waals surface area contributed by atoms with Gasteiger partial charge in [0.1, 0.15) is 0 Å². The van der Waals surface area contributed by atoms with E-state index in [1.54, 1.807) is 42.5 Å². The largest absolute Gasteiger partial charge is 0.493 e. The Morgan fingerprint density at radius 1 is 1.00 bits per heavy atom. The van der Waals surface area contributed by atoms with E-state index in [2.05, 4.69) is 5.32 Å². The van der Waals surface area contributed by atoms with Gasteiger partial charge in [0.15, 0.2) is 11.5 Å². The number of nitrogens with two attached hydrogens (primary N) is 1. The smallest absolute Gasteiger partial charge is 0.307 e. The van der Waals surface area contributed by atoms with Crippen LogP contribution >= 0.6 is 0 Å². The standard InChI is InChI=1S/C20H24N2O5/c1-25-17-9-6-14(11-18(17)26-2)16(12-20(24)27-3)22-19(23)10-13-4-7-15(21)8-5-13/h4-9,11,16H,10,12,21H2,1-3H3,(H,22,23). The van der Waals surface area contributed by atoms with Crippen LogP contribution in [-0.4, -0.2) is 33.2 Å². The summed E-state index contributed by atoms with van der Waals surface area (Å²) in [6, 6.07) is 11.7. The van der Waals surface area contributed by atoms with Crippen molar-refractivity contribution in [1.29, 1.82) is 0 Å². The molecule has 7 nitrogen and oxygen atoms in total. The van der Waals surface area contributed by atoms with Crippen molar-refractivity contribution in [2.45, 2.75) is 18.9 Å². The minimum absolute atomic E-state index is 0.000535. The van der Waals surface area contributed by atoms with Crippen molar-refractivity contribution in [1.82, 2.24) is 5.32 Å². The summed E-state index contributed by atoms with van der Waals surface area (Å²) in [5.41, 5.74) is 7.83. The molecule has 0 radical (unpaired) electrons. The number of ether oxygens (including phenoxy) is 3. The Morgan fingerprint density at radius 3 is 2.26 bits per heavy atom. The van der Waals surface area contributed by atoms with E-state index in [9.17, 15) is 9.59 Å². The highest BCUT2D eigenvalue weighted by Crippen LogP contribution is 2.31. The predicted molar refractivity (Wildman–Crippen MR) is 102 cm³/mol. The molecule has 3 N–H and O–H groups in total. The van der Waals surface area contributed by atoms with E-state index in [1.165, 1.54) is 21.3 Å². The Kier molecular flexibility index (Phi) is 7.05. The summed E-state index contributed by atoms with van der Waals surface area (Å²) in [7, 11) is 4.37. The lowest BCUT2D eigenvalue weighted by atomic mass is 10.0. The van der Waals surface area contributed by atoms with Gasteiger partial charge in [-0.1, -0.05) is 18.2 Å². The first-order valence-electron chi connectivity index (χ1n) is 8.39. The number of carbonyl (C=O) groups excluding carboxylic acids is 2. The Hall–Kier alpha value is -3.22. The molecule has 7 heteroatoms. The van der Waals surface area contributed by atoms with E-state index in [1.807, 2.05) is 0 Å². The van der Waals surface area contributed by atoms with Crippen LogP contribution in [0.5, 0.6) is 11.5 Å². The Labute approximate surface area is 158 Å². The van der Waals surface area contributed by atoms with E-state index < -0.39 is 12.0 Å². The van der Waals surface area contributed by atoms with E-state index in [0.717, 1.165) is 5.56 Å². The number of benzene rings is 2. The average Bonchev–Trinajstić information content (AvgIpc) is 2.68. The molecular weight excluding hydrogens is 348 g/mol. The van der Waals surface area contributed by atoms with Crippen molar-refractivity contribution in [2.75, 3.05) is 27.1 Å². The summed E-state index contributed by atoms with van der Waals surface area (Å²) >= 11 is 0. The van der Waals surface area contributed by atoms with Crippen LogP contribution in [0.1, 0.15) is 23.6 Å². The number of amides is 1. The molecule has 0 aliphatic carbocycles. The third-order valence-electron chi connectivity index (χ3n) is 4.09. The molecule has 0 bridgehead atoms. The van der Waals surface area contributed by atoms with Crippen LogP contribution in [0.25, 0.3) is 0 Å². The molecule has 27 heavy (non-hydrogen) atoms. The second-order valence-corrected chi connectivity index (χ2v) is 5.93. The van der Waals surface area contributed by atoms with Gasteiger partial charge in [-0.05, 0) is 35.4 Å². The first-order chi connectivity index (χ1) is 13.0. The average molecular weight is 372 g/mol. The number of nitrogens with one attached hydrogen (secondary N) is 1. The van der Waals surface area contributed by atoms with Gasteiger partial charge in [0, 0.05) is 5.69 Å². The number of methoxy groups -OCH3 is 3.